The molecule has 48 heavy (non-hydrogen) atoms. The average Bonchev–Trinajstić information content (AvgIpc) is 3.64. The highest BCUT2D eigenvalue weighted by atomic mass is 19.1. The van der Waals surface area contributed by atoms with Crippen molar-refractivity contribution in [3.8, 4) is 0 Å². The van der Waals surface area contributed by atoms with Crippen molar-refractivity contribution in [2.75, 3.05) is 41.3 Å². The molecule has 0 radical (unpaired) electrons. The largest absolute Gasteiger partial charge is 0.361 e. The molecule has 2 heterocycles. The molecule has 0 aromatic heterocycles. The second-order valence-corrected chi connectivity index (χ2v) is 13.0. The summed E-state index contributed by atoms with van der Waals surface area (Å²) in [6.07, 6.45) is 3.57. The lowest BCUT2D eigenvalue weighted by Gasteiger charge is -2.31. The van der Waals surface area contributed by atoms with Crippen LogP contribution in [-0.4, -0.2) is 51.1 Å². The van der Waals surface area contributed by atoms with Crippen LogP contribution in [0.4, 0.5) is 20.2 Å². The van der Waals surface area contributed by atoms with Crippen LogP contribution in [0.25, 0.3) is 9.69 Å². The topological polar surface area (TPSA) is 33.7 Å². The minimum atomic E-state index is -0.556. The third kappa shape index (κ3) is 7.49. The van der Waals surface area contributed by atoms with E-state index in [9.17, 15) is 8.78 Å². The Hall–Kier alpha value is -4.44. The van der Waals surface area contributed by atoms with Crippen LogP contribution in [0, 0.1) is 24.8 Å². The molecule has 248 valence electrons. The molecule has 2 atom stereocenters. The van der Waals surface area contributed by atoms with Crippen molar-refractivity contribution in [3.05, 3.63) is 153 Å². The fraction of sp³-hybridized carbons (Fsp3) is 0.350. The van der Waals surface area contributed by atoms with Crippen LogP contribution < -0.4 is 0 Å². The van der Waals surface area contributed by atoms with E-state index in [2.05, 4.69) is 47.7 Å². The molecule has 0 amide bonds. The van der Waals surface area contributed by atoms with Gasteiger partial charge in [0, 0.05) is 0 Å². The number of ether oxygens (including phenoxy) is 2. The van der Waals surface area contributed by atoms with Gasteiger partial charge in [-0.05, 0) is 125 Å². The van der Waals surface area contributed by atoms with E-state index >= 15 is 0 Å². The van der Waals surface area contributed by atoms with Gasteiger partial charge in [0.15, 0.2) is 11.4 Å². The van der Waals surface area contributed by atoms with Crippen molar-refractivity contribution in [1.82, 2.24) is 9.80 Å². The SMILES string of the molecule is [C-]#[N+]c1ccc2c(c1)COC2(CCCN(C)C)c1ccc(F)cc1.[C-]#[N+]c1ccc2c(c1)CO[C@@]2(CCCN(C)C)c1ccc(F)cc1. The summed E-state index contributed by atoms with van der Waals surface area (Å²) in [6.45, 7) is 17.3. The Labute approximate surface area is 283 Å². The fourth-order valence-corrected chi connectivity index (χ4v) is 6.79. The van der Waals surface area contributed by atoms with E-state index in [1.165, 1.54) is 24.3 Å². The monoisotopic (exact) mass is 648 g/mol. The molecule has 0 aliphatic carbocycles. The maximum atomic E-state index is 13.4. The predicted octanol–water partition coefficient (Wildman–Crippen LogP) is 8.98. The number of halogens is 2. The first-order valence-electron chi connectivity index (χ1n) is 16.2. The zero-order valence-electron chi connectivity index (χ0n) is 28.1. The summed E-state index contributed by atoms with van der Waals surface area (Å²) in [5.41, 5.74) is 6.38. The van der Waals surface area contributed by atoms with Gasteiger partial charge >= 0.3 is 0 Å². The van der Waals surface area contributed by atoms with E-state index in [1.54, 1.807) is 0 Å². The molecule has 0 spiro atoms. The lowest BCUT2D eigenvalue weighted by atomic mass is 9.82. The Morgan fingerprint density at radius 1 is 0.604 bits per heavy atom. The molecule has 0 saturated carbocycles. The van der Waals surface area contributed by atoms with Gasteiger partial charge in [-0.1, -0.05) is 60.7 Å². The van der Waals surface area contributed by atoms with E-state index in [1.807, 2.05) is 60.7 Å². The Morgan fingerprint density at radius 2 is 0.979 bits per heavy atom. The smallest absolute Gasteiger partial charge is 0.187 e. The normalized spacial score (nSPS) is 19.3. The summed E-state index contributed by atoms with van der Waals surface area (Å²) in [6, 6.07) is 24.6. The zero-order chi connectivity index (χ0) is 34.3. The van der Waals surface area contributed by atoms with Gasteiger partial charge in [0.2, 0.25) is 0 Å². The number of hydrogen-bond acceptors (Lipinski definition) is 4. The molecule has 6 nitrogen and oxygen atoms in total. The number of rotatable bonds is 10. The number of benzene rings is 4. The van der Waals surface area contributed by atoms with Crippen LogP contribution in [0.5, 0.6) is 0 Å². The fourth-order valence-electron chi connectivity index (χ4n) is 6.79. The van der Waals surface area contributed by atoms with Crippen LogP contribution in [0.3, 0.4) is 0 Å². The van der Waals surface area contributed by atoms with Crippen LogP contribution in [0.1, 0.15) is 59.1 Å². The van der Waals surface area contributed by atoms with E-state index in [-0.39, 0.29) is 11.6 Å². The molecule has 4 aromatic rings. The second-order valence-electron chi connectivity index (χ2n) is 13.0. The van der Waals surface area contributed by atoms with Crippen LogP contribution >= 0.6 is 0 Å². The molecule has 0 saturated heterocycles. The molecule has 0 fully saturated rings. The molecule has 0 bridgehead atoms. The summed E-state index contributed by atoms with van der Waals surface area (Å²) in [4.78, 5) is 11.3. The maximum absolute atomic E-state index is 13.4. The van der Waals surface area contributed by atoms with Gasteiger partial charge in [-0.2, -0.15) is 0 Å². The lowest BCUT2D eigenvalue weighted by Crippen LogP contribution is -2.28. The lowest BCUT2D eigenvalue weighted by molar-refractivity contribution is -0.0141. The molecule has 2 aliphatic heterocycles. The highest BCUT2D eigenvalue weighted by molar-refractivity contribution is 5.55. The Morgan fingerprint density at radius 3 is 1.31 bits per heavy atom. The standard InChI is InChI=1S/2C20H21FN2O/c2*1-22-18-9-10-19-15(13-18)14-24-20(19,11-4-12-23(2)3)16-5-7-17(21)8-6-16/h2*5-10,13H,4,11-12,14H2,2-3H3/t20-;/m0./s1. The van der Waals surface area contributed by atoms with Gasteiger partial charge in [0.1, 0.15) is 22.8 Å². The van der Waals surface area contributed by atoms with Crippen molar-refractivity contribution < 1.29 is 18.3 Å². The van der Waals surface area contributed by atoms with Gasteiger partial charge in [-0.15, -0.1) is 0 Å². The number of hydrogen-bond donors (Lipinski definition) is 0. The summed E-state index contributed by atoms with van der Waals surface area (Å²) in [5, 5.41) is 0. The van der Waals surface area contributed by atoms with Crippen molar-refractivity contribution in [1.29, 1.82) is 0 Å². The first-order chi connectivity index (χ1) is 23.1. The molecule has 8 heteroatoms. The van der Waals surface area contributed by atoms with Crippen LogP contribution in [-0.2, 0) is 33.9 Å². The van der Waals surface area contributed by atoms with Crippen LogP contribution in [0.2, 0.25) is 0 Å². The Kier molecular flexibility index (Phi) is 11.0. The second kappa shape index (κ2) is 15.2. The molecular weight excluding hydrogens is 606 g/mol. The van der Waals surface area contributed by atoms with E-state index < -0.39 is 11.2 Å². The van der Waals surface area contributed by atoms with Gasteiger partial charge < -0.3 is 19.3 Å². The highest BCUT2D eigenvalue weighted by Gasteiger charge is 2.42. The first-order valence-corrected chi connectivity index (χ1v) is 16.2. The van der Waals surface area contributed by atoms with E-state index in [0.717, 1.165) is 72.2 Å². The van der Waals surface area contributed by atoms with E-state index in [0.29, 0.717) is 24.6 Å². The third-order valence-electron chi connectivity index (χ3n) is 9.14. The van der Waals surface area contributed by atoms with Crippen molar-refractivity contribution in [3.63, 3.8) is 0 Å². The summed E-state index contributed by atoms with van der Waals surface area (Å²) < 4.78 is 39.3. The molecule has 6 rings (SSSR count). The van der Waals surface area contributed by atoms with Crippen LogP contribution in [0.15, 0.2) is 84.9 Å². The quantitative estimate of drug-likeness (QED) is 0.161. The molecule has 0 N–H and O–H groups in total. The molecule has 2 aliphatic rings. The van der Waals surface area contributed by atoms with Gasteiger partial charge in [0.05, 0.1) is 26.4 Å². The minimum absolute atomic E-state index is 0.247. The van der Waals surface area contributed by atoms with E-state index in [4.69, 9.17) is 22.6 Å². The van der Waals surface area contributed by atoms with Crippen molar-refractivity contribution in [2.45, 2.75) is 50.1 Å². The molecular formula is C40H42F2N4O2. The summed E-state index contributed by atoms with van der Waals surface area (Å²) in [7, 11) is 8.21. The molecule has 4 aromatic carbocycles. The van der Waals surface area contributed by atoms with Crippen molar-refractivity contribution >= 4 is 11.4 Å². The van der Waals surface area contributed by atoms with Gasteiger partial charge in [-0.25, -0.2) is 18.5 Å². The van der Waals surface area contributed by atoms with Gasteiger partial charge in [-0.3, -0.25) is 0 Å². The molecule has 1 unspecified atom stereocenters. The van der Waals surface area contributed by atoms with Gasteiger partial charge in [0.25, 0.3) is 0 Å². The Bertz CT molecular complexity index is 1660. The number of nitrogens with zero attached hydrogens (tertiary/aromatic N) is 4. The third-order valence-corrected chi connectivity index (χ3v) is 9.14. The minimum Gasteiger partial charge on any atom is -0.361 e. The average molecular weight is 649 g/mol. The Balaban J connectivity index is 0.000000188. The summed E-state index contributed by atoms with van der Waals surface area (Å²) >= 11 is 0. The zero-order valence-corrected chi connectivity index (χ0v) is 28.1. The number of fused-ring (bicyclic) bond motifs is 2. The van der Waals surface area contributed by atoms with Crippen molar-refractivity contribution in [2.24, 2.45) is 0 Å². The summed E-state index contributed by atoms with van der Waals surface area (Å²) in [5.74, 6) is -0.493. The predicted molar refractivity (Wildman–Crippen MR) is 185 cm³/mol. The highest BCUT2D eigenvalue weighted by Crippen LogP contribution is 2.47. The first kappa shape index (κ1) is 34.9. The maximum Gasteiger partial charge on any atom is 0.187 e.